The molecule has 0 saturated heterocycles. The van der Waals surface area contributed by atoms with E-state index >= 15 is 0 Å². The Morgan fingerprint density at radius 2 is 0.606 bits per heavy atom. The van der Waals surface area contributed by atoms with Crippen molar-refractivity contribution in [3.63, 3.8) is 0 Å². The van der Waals surface area contributed by atoms with Crippen LogP contribution in [0, 0.1) is 0 Å². The van der Waals surface area contributed by atoms with Crippen molar-refractivity contribution in [2.75, 3.05) is 6.61 Å². The van der Waals surface area contributed by atoms with E-state index in [-0.39, 0.29) is 0 Å². The van der Waals surface area contributed by atoms with Gasteiger partial charge >= 0.3 is 0 Å². The smallest absolute Gasteiger partial charge is 0.0575 e. The van der Waals surface area contributed by atoms with E-state index in [1.54, 1.807) is 0 Å². The van der Waals surface area contributed by atoms with E-state index in [2.05, 4.69) is 20.8 Å². The molecule has 0 aromatic rings. The second kappa shape index (κ2) is 30.0. The Balaban J connectivity index is 3.72. The molecule has 0 spiro atoms. The second-order valence-corrected chi connectivity index (χ2v) is 10.8. The third-order valence-electron chi connectivity index (χ3n) is 7.36. The average Bonchev–Trinajstić information content (AvgIpc) is 2.83. The van der Waals surface area contributed by atoms with Crippen LogP contribution in [0.1, 0.15) is 194 Å². The topological polar surface area (TPSA) is 9.23 Å². The standard InChI is InChI=1S/C32H66O/c1-4-7-10-13-15-17-18-19-20-21-24-27-30-32(29-26-23-12-9-6-3)33-31-28-25-22-16-14-11-8-5-2/h32H,4-31H2,1-3H3. The van der Waals surface area contributed by atoms with Gasteiger partial charge < -0.3 is 4.74 Å². The van der Waals surface area contributed by atoms with Gasteiger partial charge in [0.2, 0.25) is 0 Å². The van der Waals surface area contributed by atoms with E-state index in [9.17, 15) is 0 Å². The zero-order chi connectivity index (χ0) is 24.1. The summed E-state index contributed by atoms with van der Waals surface area (Å²) in [5, 5.41) is 0. The van der Waals surface area contributed by atoms with Gasteiger partial charge in [0.15, 0.2) is 0 Å². The fourth-order valence-electron chi connectivity index (χ4n) is 4.99. The molecule has 0 aliphatic rings. The monoisotopic (exact) mass is 467 g/mol. The molecule has 0 radical (unpaired) electrons. The van der Waals surface area contributed by atoms with Crippen LogP contribution in [0.3, 0.4) is 0 Å². The molecule has 0 fully saturated rings. The highest BCUT2D eigenvalue weighted by molar-refractivity contribution is 4.61. The van der Waals surface area contributed by atoms with E-state index in [0.29, 0.717) is 6.10 Å². The lowest BCUT2D eigenvalue weighted by atomic mass is 10.0. The van der Waals surface area contributed by atoms with Crippen molar-refractivity contribution in [1.29, 1.82) is 0 Å². The maximum atomic E-state index is 6.39. The number of hydrogen-bond acceptors (Lipinski definition) is 1. The van der Waals surface area contributed by atoms with Crippen LogP contribution in [-0.2, 0) is 4.74 Å². The second-order valence-electron chi connectivity index (χ2n) is 10.8. The molecule has 1 unspecified atom stereocenters. The summed E-state index contributed by atoms with van der Waals surface area (Å²) < 4.78 is 6.39. The molecule has 0 aliphatic heterocycles. The van der Waals surface area contributed by atoms with Crippen LogP contribution in [-0.4, -0.2) is 12.7 Å². The summed E-state index contributed by atoms with van der Waals surface area (Å²) in [6, 6.07) is 0. The van der Waals surface area contributed by atoms with E-state index in [1.807, 2.05) is 0 Å². The van der Waals surface area contributed by atoms with Crippen molar-refractivity contribution in [3.05, 3.63) is 0 Å². The molecule has 0 N–H and O–H groups in total. The van der Waals surface area contributed by atoms with E-state index in [1.165, 1.54) is 173 Å². The SMILES string of the molecule is CCCCCCCCCCCCCCC(CCCCCCC)OCCCCCCCCCC. The van der Waals surface area contributed by atoms with Crippen LogP contribution in [0.15, 0.2) is 0 Å². The van der Waals surface area contributed by atoms with Crippen molar-refractivity contribution in [3.8, 4) is 0 Å². The largest absolute Gasteiger partial charge is 0.378 e. The summed E-state index contributed by atoms with van der Waals surface area (Å²) in [6.45, 7) is 7.92. The average molecular weight is 467 g/mol. The van der Waals surface area contributed by atoms with Crippen molar-refractivity contribution in [2.45, 2.75) is 200 Å². The zero-order valence-corrected chi connectivity index (χ0v) is 23.8. The number of unbranched alkanes of at least 4 members (excludes halogenated alkanes) is 22. The molecular formula is C32H66O. The Kier molecular flexibility index (Phi) is 30.0. The maximum absolute atomic E-state index is 6.39. The lowest BCUT2D eigenvalue weighted by Crippen LogP contribution is -2.14. The fraction of sp³-hybridized carbons (Fsp3) is 1.00. The van der Waals surface area contributed by atoms with E-state index in [4.69, 9.17) is 4.74 Å². The van der Waals surface area contributed by atoms with Crippen molar-refractivity contribution < 1.29 is 4.74 Å². The highest BCUT2D eigenvalue weighted by Gasteiger charge is 2.09. The first-order chi connectivity index (χ1) is 16.3. The molecule has 200 valence electrons. The molecular weight excluding hydrogens is 400 g/mol. The molecule has 1 atom stereocenters. The highest BCUT2D eigenvalue weighted by atomic mass is 16.5. The molecule has 0 aliphatic carbocycles. The summed E-state index contributed by atoms with van der Waals surface area (Å²) in [5.74, 6) is 0. The lowest BCUT2D eigenvalue weighted by Gasteiger charge is -2.18. The molecule has 0 bridgehead atoms. The van der Waals surface area contributed by atoms with Crippen LogP contribution in [0.5, 0.6) is 0 Å². The van der Waals surface area contributed by atoms with Gasteiger partial charge in [0.1, 0.15) is 0 Å². The predicted molar refractivity (Wildman–Crippen MR) is 151 cm³/mol. The predicted octanol–water partition coefficient (Wildman–Crippen LogP) is 12.0. The van der Waals surface area contributed by atoms with Gasteiger partial charge in [-0.15, -0.1) is 0 Å². The van der Waals surface area contributed by atoms with Gasteiger partial charge in [-0.25, -0.2) is 0 Å². The maximum Gasteiger partial charge on any atom is 0.0575 e. The first kappa shape index (κ1) is 33.0. The molecule has 33 heavy (non-hydrogen) atoms. The number of rotatable bonds is 29. The van der Waals surface area contributed by atoms with Gasteiger partial charge in [-0.3, -0.25) is 0 Å². The zero-order valence-electron chi connectivity index (χ0n) is 23.8. The Hall–Kier alpha value is -0.0400. The van der Waals surface area contributed by atoms with Crippen LogP contribution < -0.4 is 0 Å². The summed E-state index contributed by atoms with van der Waals surface area (Å²) in [6.07, 6.45) is 38.5. The molecule has 1 nitrogen and oxygen atoms in total. The highest BCUT2D eigenvalue weighted by Crippen LogP contribution is 2.18. The summed E-state index contributed by atoms with van der Waals surface area (Å²) in [7, 11) is 0. The van der Waals surface area contributed by atoms with Gasteiger partial charge in [-0.2, -0.15) is 0 Å². The quantitative estimate of drug-likeness (QED) is 0.0995. The Bertz CT molecular complexity index is 326. The van der Waals surface area contributed by atoms with Gasteiger partial charge in [-0.05, 0) is 19.3 Å². The fourth-order valence-corrected chi connectivity index (χ4v) is 4.99. The Labute approximate surface area is 211 Å². The Morgan fingerprint density at radius 1 is 0.333 bits per heavy atom. The van der Waals surface area contributed by atoms with Gasteiger partial charge in [-0.1, -0.05) is 175 Å². The van der Waals surface area contributed by atoms with Crippen LogP contribution >= 0.6 is 0 Å². The van der Waals surface area contributed by atoms with Gasteiger partial charge in [0.25, 0.3) is 0 Å². The number of hydrogen-bond donors (Lipinski definition) is 0. The Morgan fingerprint density at radius 3 is 0.939 bits per heavy atom. The molecule has 0 aromatic heterocycles. The first-order valence-corrected chi connectivity index (χ1v) is 16.0. The summed E-state index contributed by atoms with van der Waals surface area (Å²) in [4.78, 5) is 0. The normalized spacial score (nSPS) is 12.5. The van der Waals surface area contributed by atoms with Crippen molar-refractivity contribution >= 4 is 0 Å². The van der Waals surface area contributed by atoms with Gasteiger partial charge in [0, 0.05) is 6.61 Å². The minimum Gasteiger partial charge on any atom is -0.378 e. The van der Waals surface area contributed by atoms with Crippen LogP contribution in [0.25, 0.3) is 0 Å². The molecule has 0 aromatic carbocycles. The molecule has 0 heterocycles. The third-order valence-corrected chi connectivity index (χ3v) is 7.36. The van der Waals surface area contributed by atoms with E-state index < -0.39 is 0 Å². The third kappa shape index (κ3) is 28.1. The minimum absolute atomic E-state index is 0.541. The molecule has 1 heteroatoms. The number of ether oxygens (including phenoxy) is 1. The summed E-state index contributed by atoms with van der Waals surface area (Å²) >= 11 is 0. The lowest BCUT2D eigenvalue weighted by molar-refractivity contribution is 0.0357. The van der Waals surface area contributed by atoms with Crippen molar-refractivity contribution in [2.24, 2.45) is 0 Å². The minimum atomic E-state index is 0.541. The van der Waals surface area contributed by atoms with E-state index in [0.717, 1.165) is 6.61 Å². The first-order valence-electron chi connectivity index (χ1n) is 16.0. The molecule has 0 saturated carbocycles. The summed E-state index contributed by atoms with van der Waals surface area (Å²) in [5.41, 5.74) is 0. The van der Waals surface area contributed by atoms with Crippen LogP contribution in [0.4, 0.5) is 0 Å². The van der Waals surface area contributed by atoms with Crippen molar-refractivity contribution in [1.82, 2.24) is 0 Å². The molecule has 0 amide bonds. The van der Waals surface area contributed by atoms with Crippen LogP contribution in [0.2, 0.25) is 0 Å². The van der Waals surface area contributed by atoms with Gasteiger partial charge in [0.05, 0.1) is 6.10 Å². The molecule has 0 rings (SSSR count).